The van der Waals surface area contributed by atoms with Gasteiger partial charge in [0.2, 0.25) is 0 Å². The van der Waals surface area contributed by atoms with Crippen LogP contribution in [0.25, 0.3) is 5.57 Å². The lowest BCUT2D eigenvalue weighted by Gasteiger charge is -2.29. The number of nitrogens with zero attached hydrogens (tertiary/aromatic N) is 1. The highest BCUT2D eigenvalue weighted by Crippen LogP contribution is 2.40. The van der Waals surface area contributed by atoms with Crippen molar-refractivity contribution >= 4 is 45.9 Å². The molecule has 1 heterocycles. The molecule has 0 saturated carbocycles. The predicted molar refractivity (Wildman–Crippen MR) is 125 cm³/mol. The maximum Gasteiger partial charge on any atom is 0.409 e. The molecule has 1 aliphatic rings. The van der Waals surface area contributed by atoms with Gasteiger partial charge in [-0.1, -0.05) is 72.5 Å². The third-order valence-corrected chi connectivity index (χ3v) is 5.96. The number of nitrogens with one attached hydrogen (secondary N) is 1. The summed E-state index contributed by atoms with van der Waals surface area (Å²) in [4.78, 5) is 27.5. The Morgan fingerprint density at radius 2 is 1.74 bits per heavy atom. The van der Waals surface area contributed by atoms with Crippen molar-refractivity contribution in [1.82, 2.24) is 10.2 Å². The van der Waals surface area contributed by atoms with E-state index >= 15 is 0 Å². The first kappa shape index (κ1) is 23.0. The topological polar surface area (TPSA) is 58.6 Å². The molecular formula is C23H23FN2O3S2. The summed E-state index contributed by atoms with van der Waals surface area (Å²) in [6.07, 6.45) is -1.93. The van der Waals surface area contributed by atoms with Gasteiger partial charge in [-0.05, 0) is 44.9 Å². The van der Waals surface area contributed by atoms with Gasteiger partial charge in [-0.25, -0.2) is 9.18 Å². The molecule has 162 valence electrons. The van der Waals surface area contributed by atoms with Gasteiger partial charge in [0.15, 0.2) is 0 Å². The summed E-state index contributed by atoms with van der Waals surface area (Å²) in [6, 6.07) is 15.4. The van der Waals surface area contributed by atoms with Crippen LogP contribution in [-0.2, 0) is 9.53 Å². The number of hydrogen-bond donors (Lipinski definition) is 1. The van der Waals surface area contributed by atoms with Crippen molar-refractivity contribution in [3.63, 3.8) is 0 Å². The van der Waals surface area contributed by atoms with Crippen molar-refractivity contribution in [3.8, 4) is 0 Å². The van der Waals surface area contributed by atoms with Crippen LogP contribution in [0.5, 0.6) is 0 Å². The van der Waals surface area contributed by atoms with Crippen molar-refractivity contribution in [2.75, 3.05) is 0 Å². The molecule has 0 bridgehead atoms. The van der Waals surface area contributed by atoms with Gasteiger partial charge < -0.3 is 4.74 Å². The summed E-state index contributed by atoms with van der Waals surface area (Å²) in [7, 11) is 0. The maximum atomic E-state index is 14.7. The molecule has 1 unspecified atom stereocenters. The van der Waals surface area contributed by atoms with Crippen molar-refractivity contribution in [3.05, 3.63) is 76.4 Å². The molecule has 2 amide bonds. The number of rotatable bonds is 4. The summed E-state index contributed by atoms with van der Waals surface area (Å²) in [5.74, 6) is -0.970. The molecule has 0 aliphatic carbocycles. The predicted octanol–water partition coefficient (Wildman–Crippen LogP) is 5.64. The lowest BCUT2D eigenvalue weighted by Crippen LogP contribution is -2.45. The first-order valence-electron chi connectivity index (χ1n) is 9.64. The minimum absolute atomic E-state index is 0.114. The molecule has 5 nitrogen and oxygen atoms in total. The molecule has 1 N–H and O–H groups in total. The Balaban J connectivity index is 2.01. The van der Waals surface area contributed by atoms with Gasteiger partial charge in [-0.15, -0.1) is 0 Å². The molecule has 1 saturated heterocycles. The molecule has 1 fully saturated rings. The zero-order chi connectivity index (χ0) is 22.8. The molecule has 0 spiro atoms. The van der Waals surface area contributed by atoms with E-state index < -0.39 is 29.6 Å². The fourth-order valence-electron chi connectivity index (χ4n) is 3.05. The van der Waals surface area contributed by atoms with Crippen LogP contribution < -0.4 is 5.32 Å². The Bertz CT molecular complexity index is 1050. The highest BCUT2D eigenvalue weighted by atomic mass is 32.2. The largest absolute Gasteiger partial charge is 0.444 e. The second kappa shape index (κ2) is 9.20. The third kappa shape index (κ3) is 5.32. The molecule has 0 aromatic heterocycles. The average molecular weight is 459 g/mol. The highest BCUT2D eigenvalue weighted by Gasteiger charge is 2.41. The van der Waals surface area contributed by atoms with E-state index in [0.717, 1.165) is 22.9 Å². The molecule has 2 aromatic rings. The summed E-state index contributed by atoms with van der Waals surface area (Å²) < 4.78 is 20.2. The molecule has 8 heteroatoms. The van der Waals surface area contributed by atoms with Crippen LogP contribution in [0.4, 0.5) is 9.18 Å². The van der Waals surface area contributed by atoms with E-state index in [1.807, 2.05) is 37.3 Å². The lowest BCUT2D eigenvalue weighted by molar-refractivity contribution is -0.124. The first-order chi connectivity index (χ1) is 14.6. The van der Waals surface area contributed by atoms with E-state index in [0.29, 0.717) is 4.91 Å². The van der Waals surface area contributed by atoms with Gasteiger partial charge in [0.25, 0.3) is 5.91 Å². The molecule has 0 radical (unpaired) electrons. The van der Waals surface area contributed by atoms with Crippen LogP contribution in [0.15, 0.2) is 59.5 Å². The highest BCUT2D eigenvalue weighted by molar-refractivity contribution is 8.26. The van der Waals surface area contributed by atoms with Crippen molar-refractivity contribution in [2.45, 2.75) is 39.5 Å². The van der Waals surface area contributed by atoms with E-state index in [2.05, 4.69) is 5.32 Å². The van der Waals surface area contributed by atoms with E-state index in [4.69, 9.17) is 17.0 Å². The van der Waals surface area contributed by atoms with Gasteiger partial charge >= 0.3 is 6.09 Å². The molecular weight excluding hydrogens is 435 g/mol. The lowest BCUT2D eigenvalue weighted by atomic mass is 10.1. The monoisotopic (exact) mass is 458 g/mol. The quantitative estimate of drug-likeness (QED) is 0.475. The van der Waals surface area contributed by atoms with Gasteiger partial charge in [0, 0.05) is 5.56 Å². The number of allylic oxidation sites excluding steroid dienone is 1. The molecule has 31 heavy (non-hydrogen) atoms. The minimum atomic E-state index is -1.15. The number of halogens is 1. The van der Waals surface area contributed by atoms with Gasteiger partial charge in [-0.2, -0.15) is 0 Å². The molecule has 1 atom stereocenters. The van der Waals surface area contributed by atoms with Crippen LogP contribution in [0.1, 0.15) is 45.0 Å². The summed E-state index contributed by atoms with van der Waals surface area (Å²) in [6.45, 7) is 6.99. The molecule has 2 aromatic carbocycles. The molecule has 1 aliphatic heterocycles. The Morgan fingerprint density at radius 3 is 2.35 bits per heavy atom. The first-order valence-corrected chi connectivity index (χ1v) is 10.9. The summed E-state index contributed by atoms with van der Waals surface area (Å²) in [5.41, 5.74) is 0.988. The van der Waals surface area contributed by atoms with E-state index in [-0.39, 0.29) is 9.88 Å². The number of thiocarbonyl (C=S) groups is 1. The number of alkyl carbamates (subject to hydrolysis) is 1. The number of hydrogen-bond acceptors (Lipinski definition) is 5. The second-order valence-electron chi connectivity index (χ2n) is 7.93. The summed E-state index contributed by atoms with van der Waals surface area (Å²) >= 11 is 6.59. The Kier molecular flexibility index (Phi) is 6.81. The Labute approximate surface area is 190 Å². The van der Waals surface area contributed by atoms with Crippen LogP contribution >= 0.6 is 24.0 Å². The number of ether oxygens (including phenoxy) is 1. The number of thioether (sulfide) groups is 1. The van der Waals surface area contributed by atoms with Crippen LogP contribution in [0.3, 0.4) is 0 Å². The number of carbonyl (C=O) groups is 2. The van der Waals surface area contributed by atoms with Crippen molar-refractivity contribution < 1.29 is 18.7 Å². The van der Waals surface area contributed by atoms with E-state index in [9.17, 15) is 14.0 Å². The number of benzene rings is 2. The van der Waals surface area contributed by atoms with E-state index in [1.165, 1.54) is 23.1 Å². The maximum absolute atomic E-state index is 14.7. The van der Waals surface area contributed by atoms with Gasteiger partial charge in [0.1, 0.15) is 21.9 Å². The minimum Gasteiger partial charge on any atom is -0.444 e. The zero-order valence-corrected chi connectivity index (χ0v) is 19.3. The second-order valence-corrected chi connectivity index (χ2v) is 9.58. The van der Waals surface area contributed by atoms with Crippen LogP contribution in [-0.4, -0.2) is 26.8 Å². The summed E-state index contributed by atoms with van der Waals surface area (Å²) in [5, 5.41) is 2.61. The third-order valence-electron chi connectivity index (χ3n) is 4.46. The van der Waals surface area contributed by atoms with Gasteiger partial charge in [-0.3, -0.25) is 15.0 Å². The normalized spacial score (nSPS) is 16.9. The fraction of sp³-hybridized carbons (Fsp3) is 0.261. The Hall–Kier alpha value is -2.71. The zero-order valence-electron chi connectivity index (χ0n) is 17.6. The average Bonchev–Trinajstić information content (AvgIpc) is 2.99. The molecule has 3 rings (SSSR count). The fourth-order valence-corrected chi connectivity index (χ4v) is 4.40. The number of carbonyl (C=O) groups excluding carboxylic acids is 2. The van der Waals surface area contributed by atoms with E-state index in [1.54, 1.807) is 26.8 Å². The van der Waals surface area contributed by atoms with Crippen molar-refractivity contribution in [2.24, 2.45) is 0 Å². The standard InChI is InChI=1S/C23H23FN2O3S2/c1-14(15-10-6-5-7-11-15)18-20(27)26(22(30)31-18)19(16-12-8-9-13-17(16)24)25-21(28)29-23(2,3)4/h5-13,19H,1-4H3,(H,25,28)/b18-14-. The van der Waals surface area contributed by atoms with Crippen LogP contribution in [0.2, 0.25) is 0 Å². The van der Waals surface area contributed by atoms with Crippen molar-refractivity contribution in [1.29, 1.82) is 0 Å². The Morgan fingerprint density at radius 1 is 1.13 bits per heavy atom. The van der Waals surface area contributed by atoms with Gasteiger partial charge in [0.05, 0.1) is 4.91 Å². The smallest absolute Gasteiger partial charge is 0.409 e. The number of amides is 2. The SMILES string of the molecule is C/C(=C1/SC(=S)N(C(NC(=O)OC(C)(C)C)c2ccccc2F)C1=O)c1ccccc1. The van der Waals surface area contributed by atoms with Crippen LogP contribution in [0, 0.1) is 5.82 Å².